The van der Waals surface area contributed by atoms with Crippen molar-refractivity contribution in [3.63, 3.8) is 0 Å². The molecular weight excluding hydrogens is 735 g/mol. The second kappa shape index (κ2) is 11.3. The van der Waals surface area contributed by atoms with Crippen molar-refractivity contribution in [1.82, 2.24) is 9.97 Å². The molecule has 0 fully saturated rings. The molecular formula is C28H21Br4ClN2O. The number of aliphatic hydroxyl groups is 1. The van der Waals surface area contributed by atoms with E-state index in [0.717, 1.165) is 71.7 Å². The van der Waals surface area contributed by atoms with E-state index in [1.54, 1.807) is 6.20 Å². The Labute approximate surface area is 249 Å². The zero-order chi connectivity index (χ0) is 25.4. The summed E-state index contributed by atoms with van der Waals surface area (Å²) < 4.78 is 3.98. The van der Waals surface area contributed by atoms with Gasteiger partial charge in [0.15, 0.2) is 0 Å². The van der Waals surface area contributed by atoms with Gasteiger partial charge >= 0.3 is 0 Å². The predicted molar refractivity (Wildman–Crippen MR) is 159 cm³/mol. The molecule has 0 saturated carbocycles. The molecule has 184 valence electrons. The Morgan fingerprint density at radius 2 is 1.14 bits per heavy atom. The van der Waals surface area contributed by atoms with Gasteiger partial charge in [-0.2, -0.15) is 0 Å². The van der Waals surface area contributed by atoms with E-state index in [1.807, 2.05) is 30.5 Å². The van der Waals surface area contributed by atoms with E-state index < -0.39 is 6.10 Å². The van der Waals surface area contributed by atoms with Crippen LogP contribution in [0.15, 0.2) is 78.8 Å². The molecule has 36 heavy (non-hydrogen) atoms. The first-order valence-corrected chi connectivity index (χ1v) is 15.1. The summed E-state index contributed by atoms with van der Waals surface area (Å²) in [5, 5.41) is 10.4. The zero-order valence-corrected chi connectivity index (χ0v) is 26.1. The van der Waals surface area contributed by atoms with Crippen molar-refractivity contribution in [3.8, 4) is 0 Å². The third kappa shape index (κ3) is 5.38. The van der Waals surface area contributed by atoms with Gasteiger partial charge in [-0.05, 0) is 110 Å². The molecule has 0 spiro atoms. The first kappa shape index (κ1) is 26.5. The topological polar surface area (TPSA) is 46.0 Å². The molecule has 8 heteroatoms. The van der Waals surface area contributed by atoms with Crippen LogP contribution in [-0.4, -0.2) is 15.1 Å². The lowest BCUT2D eigenvalue weighted by atomic mass is 10.0. The van der Waals surface area contributed by atoms with E-state index in [2.05, 4.69) is 98.0 Å². The summed E-state index contributed by atoms with van der Waals surface area (Å²) in [4.78, 5) is 8.88. The van der Waals surface area contributed by atoms with E-state index in [4.69, 9.17) is 11.6 Å². The average molecular weight is 757 g/mol. The normalized spacial score (nSPS) is 17.8. The van der Waals surface area contributed by atoms with Crippen LogP contribution in [0.4, 0.5) is 0 Å². The molecule has 2 atom stereocenters. The standard InChI is InChI=1S/C14H10Br2ClN.C14H11Br2NO/c15-10-6-9-5-4-8-2-1-3-11(16)12(8)13(17)14(9)18-7-10;15-10-6-9-5-4-8-2-1-3-11(16)12(8)14(18)13(9)17-7-10/h1-3,6-7,13H,4-5H2;1-3,6-7,14,18H,4-5H2. The van der Waals surface area contributed by atoms with Crippen LogP contribution >= 0.6 is 75.3 Å². The second-order valence-corrected chi connectivity index (χ2v) is 12.8. The summed E-state index contributed by atoms with van der Waals surface area (Å²) in [5.41, 5.74) is 8.69. The third-order valence-electron chi connectivity index (χ3n) is 6.58. The quantitative estimate of drug-likeness (QED) is 0.183. The molecule has 1 N–H and O–H groups in total. The minimum atomic E-state index is -0.652. The molecule has 0 bridgehead atoms. The fourth-order valence-electron chi connectivity index (χ4n) is 4.86. The van der Waals surface area contributed by atoms with Crippen molar-refractivity contribution in [2.24, 2.45) is 0 Å². The Morgan fingerprint density at radius 3 is 1.75 bits per heavy atom. The summed E-state index contributed by atoms with van der Waals surface area (Å²) in [6, 6.07) is 16.5. The number of aryl methyl sites for hydroxylation is 4. The monoisotopic (exact) mass is 752 g/mol. The average Bonchev–Trinajstić information content (AvgIpc) is 3.09. The highest BCUT2D eigenvalue weighted by Crippen LogP contribution is 2.40. The molecule has 4 aromatic rings. The Bertz CT molecular complexity index is 1340. The van der Waals surface area contributed by atoms with Crippen LogP contribution in [0, 0.1) is 0 Å². The van der Waals surface area contributed by atoms with Gasteiger partial charge in [-0.3, -0.25) is 9.97 Å². The Kier molecular flexibility index (Phi) is 8.35. The van der Waals surface area contributed by atoms with E-state index >= 15 is 0 Å². The number of hydrogen-bond acceptors (Lipinski definition) is 3. The third-order valence-corrected chi connectivity index (χ3v) is 9.25. The van der Waals surface area contributed by atoms with Crippen LogP contribution in [0.5, 0.6) is 0 Å². The maximum atomic E-state index is 10.6. The number of alkyl halides is 1. The predicted octanol–water partition coefficient (Wildman–Crippen LogP) is 8.82. The fraction of sp³-hybridized carbons (Fsp3) is 0.214. The Balaban J connectivity index is 0.000000148. The molecule has 2 unspecified atom stereocenters. The van der Waals surface area contributed by atoms with Gasteiger partial charge in [-0.25, -0.2) is 0 Å². The summed E-state index contributed by atoms with van der Waals surface area (Å²) >= 11 is 20.7. The molecule has 2 heterocycles. The zero-order valence-electron chi connectivity index (χ0n) is 19.0. The number of pyridine rings is 2. The van der Waals surface area contributed by atoms with Gasteiger partial charge in [0.2, 0.25) is 0 Å². The van der Waals surface area contributed by atoms with Crippen molar-refractivity contribution in [1.29, 1.82) is 0 Å². The highest BCUT2D eigenvalue weighted by molar-refractivity contribution is 9.11. The number of nitrogens with zero attached hydrogens (tertiary/aromatic N) is 2. The Morgan fingerprint density at radius 1 is 0.667 bits per heavy atom. The fourth-order valence-corrected chi connectivity index (χ4v) is 7.46. The van der Waals surface area contributed by atoms with Gasteiger partial charge in [0, 0.05) is 35.8 Å². The van der Waals surface area contributed by atoms with Crippen LogP contribution in [0.1, 0.15) is 56.2 Å². The molecule has 0 radical (unpaired) electrons. The molecule has 2 aromatic heterocycles. The highest BCUT2D eigenvalue weighted by atomic mass is 79.9. The number of fused-ring (bicyclic) bond motifs is 4. The lowest BCUT2D eigenvalue weighted by Gasteiger charge is -2.15. The summed E-state index contributed by atoms with van der Waals surface area (Å²) in [5.74, 6) is 0. The highest BCUT2D eigenvalue weighted by Gasteiger charge is 2.26. The van der Waals surface area contributed by atoms with Crippen molar-refractivity contribution in [2.75, 3.05) is 0 Å². The van der Waals surface area contributed by atoms with Crippen LogP contribution < -0.4 is 0 Å². The van der Waals surface area contributed by atoms with Crippen LogP contribution in [0.2, 0.25) is 0 Å². The summed E-state index contributed by atoms with van der Waals surface area (Å²) in [6.45, 7) is 0. The summed E-state index contributed by atoms with van der Waals surface area (Å²) in [7, 11) is 0. The maximum Gasteiger partial charge on any atom is 0.123 e. The van der Waals surface area contributed by atoms with Crippen LogP contribution in [-0.2, 0) is 25.7 Å². The largest absolute Gasteiger partial charge is 0.382 e. The second-order valence-electron chi connectivity index (χ2n) is 8.79. The number of hydrogen-bond donors (Lipinski definition) is 1. The van der Waals surface area contributed by atoms with Gasteiger partial charge < -0.3 is 5.11 Å². The molecule has 2 aliphatic rings. The lowest BCUT2D eigenvalue weighted by molar-refractivity contribution is 0.214. The van der Waals surface area contributed by atoms with Crippen molar-refractivity contribution >= 4 is 75.3 Å². The van der Waals surface area contributed by atoms with Gasteiger partial charge in [0.25, 0.3) is 0 Å². The first-order chi connectivity index (χ1) is 17.3. The molecule has 0 saturated heterocycles. The van der Waals surface area contributed by atoms with Gasteiger partial charge in [-0.15, -0.1) is 11.6 Å². The molecule has 3 nitrogen and oxygen atoms in total. The number of aliphatic hydroxyl groups excluding tert-OH is 1. The van der Waals surface area contributed by atoms with E-state index in [9.17, 15) is 5.11 Å². The molecule has 0 amide bonds. The smallest absolute Gasteiger partial charge is 0.123 e. The molecule has 2 aromatic carbocycles. The van der Waals surface area contributed by atoms with Crippen LogP contribution in [0.25, 0.3) is 0 Å². The van der Waals surface area contributed by atoms with Crippen molar-refractivity contribution in [2.45, 2.75) is 37.2 Å². The van der Waals surface area contributed by atoms with Crippen molar-refractivity contribution < 1.29 is 5.11 Å². The SMILES string of the molecule is ClC1c2ncc(Br)cc2CCc2cccc(Br)c21.OC1c2ncc(Br)cc2CCc2cccc(Br)c21. The summed E-state index contributed by atoms with van der Waals surface area (Å²) in [6.07, 6.45) is 6.72. The number of aromatic nitrogens is 2. The minimum absolute atomic E-state index is 0.179. The van der Waals surface area contributed by atoms with Crippen LogP contribution in [0.3, 0.4) is 0 Å². The van der Waals surface area contributed by atoms with E-state index in [-0.39, 0.29) is 5.38 Å². The van der Waals surface area contributed by atoms with E-state index in [0.29, 0.717) is 0 Å². The number of halogens is 5. The maximum absolute atomic E-state index is 10.6. The van der Waals surface area contributed by atoms with Gasteiger partial charge in [0.05, 0.1) is 11.4 Å². The van der Waals surface area contributed by atoms with Gasteiger partial charge in [0.1, 0.15) is 11.5 Å². The lowest BCUT2D eigenvalue weighted by Crippen LogP contribution is -2.05. The molecule has 2 aliphatic carbocycles. The van der Waals surface area contributed by atoms with E-state index in [1.165, 1.54) is 16.7 Å². The Hall–Kier alpha value is -1.09. The van der Waals surface area contributed by atoms with Gasteiger partial charge in [-0.1, -0.05) is 56.1 Å². The molecule has 0 aliphatic heterocycles. The first-order valence-electron chi connectivity index (χ1n) is 11.5. The number of benzene rings is 2. The van der Waals surface area contributed by atoms with Crippen molar-refractivity contribution in [3.05, 3.63) is 124 Å². The molecule has 6 rings (SSSR count). The number of rotatable bonds is 0. The minimum Gasteiger partial charge on any atom is -0.382 e.